The van der Waals surface area contributed by atoms with Crippen molar-refractivity contribution < 1.29 is 22.7 Å². The van der Waals surface area contributed by atoms with Crippen LogP contribution in [0.2, 0.25) is 5.02 Å². The normalized spacial score (nSPS) is 11.1. The molecule has 0 saturated heterocycles. The van der Waals surface area contributed by atoms with Gasteiger partial charge in [-0.2, -0.15) is 13.2 Å². The van der Waals surface area contributed by atoms with Crippen LogP contribution in [0.3, 0.4) is 0 Å². The van der Waals surface area contributed by atoms with E-state index in [1.54, 1.807) is 24.4 Å². The highest BCUT2D eigenvalue weighted by atomic mass is 35.5. The number of rotatable bonds is 6. The van der Waals surface area contributed by atoms with Crippen molar-refractivity contribution in [3.63, 3.8) is 0 Å². The van der Waals surface area contributed by atoms with Gasteiger partial charge in [-0.05, 0) is 48.5 Å². The van der Waals surface area contributed by atoms with Crippen molar-refractivity contribution >= 4 is 29.0 Å². The van der Waals surface area contributed by atoms with E-state index in [-0.39, 0.29) is 22.3 Å². The molecule has 2 aromatic carbocycles. The van der Waals surface area contributed by atoms with E-state index in [0.717, 1.165) is 24.3 Å². The van der Waals surface area contributed by atoms with Crippen LogP contribution < -0.4 is 15.4 Å². The molecular formula is C24H18ClF3N6O2. The molecule has 36 heavy (non-hydrogen) atoms. The summed E-state index contributed by atoms with van der Waals surface area (Å²) in [6.45, 7) is 1.93. The van der Waals surface area contributed by atoms with Crippen molar-refractivity contribution in [3.8, 4) is 23.0 Å². The van der Waals surface area contributed by atoms with Crippen LogP contribution in [0.15, 0.2) is 67.1 Å². The van der Waals surface area contributed by atoms with Crippen molar-refractivity contribution in [3.05, 3.63) is 83.5 Å². The fourth-order valence-electron chi connectivity index (χ4n) is 3.08. The molecule has 0 unspecified atom stereocenters. The fourth-order valence-corrected chi connectivity index (χ4v) is 3.24. The minimum absolute atomic E-state index is 0.172. The van der Waals surface area contributed by atoms with E-state index in [0.29, 0.717) is 29.4 Å². The van der Waals surface area contributed by atoms with E-state index in [9.17, 15) is 18.0 Å². The fraction of sp³-hybridized carbons (Fsp3) is 0.125. The van der Waals surface area contributed by atoms with E-state index >= 15 is 0 Å². The number of benzene rings is 2. The molecule has 0 radical (unpaired) electrons. The van der Waals surface area contributed by atoms with E-state index in [4.69, 9.17) is 16.3 Å². The minimum atomic E-state index is -4.47. The van der Waals surface area contributed by atoms with Gasteiger partial charge < -0.3 is 15.4 Å². The van der Waals surface area contributed by atoms with Gasteiger partial charge in [0.15, 0.2) is 5.82 Å². The maximum Gasteiger partial charge on any atom is 0.416 e. The highest BCUT2D eigenvalue weighted by molar-refractivity contribution is 6.33. The zero-order valence-corrected chi connectivity index (χ0v) is 19.4. The smallest absolute Gasteiger partial charge is 0.416 e. The molecule has 2 N–H and O–H groups in total. The number of alkyl halides is 3. The lowest BCUT2D eigenvalue weighted by atomic mass is 10.2. The molecular weight excluding hydrogens is 497 g/mol. The Kier molecular flexibility index (Phi) is 7.30. The summed E-state index contributed by atoms with van der Waals surface area (Å²) in [5, 5.41) is 5.23. The van der Waals surface area contributed by atoms with Gasteiger partial charge in [0.1, 0.15) is 17.9 Å². The number of nitrogens with one attached hydrogen (secondary N) is 2. The molecule has 4 rings (SSSR count). The highest BCUT2D eigenvalue weighted by Crippen LogP contribution is 2.33. The molecule has 0 bridgehead atoms. The second kappa shape index (κ2) is 10.6. The first-order valence-electron chi connectivity index (χ1n) is 10.6. The maximum atomic E-state index is 12.7. The lowest BCUT2D eigenvalue weighted by Crippen LogP contribution is -2.19. The molecule has 4 aromatic rings. The number of urea groups is 1. The van der Waals surface area contributed by atoms with E-state index < -0.39 is 17.8 Å². The Labute approximate surface area is 208 Å². The number of carbonyl (C=O) groups is 1. The minimum Gasteiger partial charge on any atom is -0.438 e. The molecule has 2 amide bonds. The molecule has 0 atom stereocenters. The van der Waals surface area contributed by atoms with Crippen molar-refractivity contribution in [1.82, 2.24) is 19.9 Å². The SMILES string of the molecule is CCc1ncnc(-c2cccnc2Oc2ccc(Cl)c(NC(=O)Nc3ccc(C(F)(F)F)cc3)c2)n1. The lowest BCUT2D eigenvalue weighted by molar-refractivity contribution is -0.137. The average molecular weight is 515 g/mol. The third kappa shape index (κ3) is 6.05. The Morgan fingerprint density at radius 1 is 1.03 bits per heavy atom. The molecule has 0 spiro atoms. The third-order valence-electron chi connectivity index (χ3n) is 4.82. The predicted molar refractivity (Wildman–Crippen MR) is 128 cm³/mol. The van der Waals surface area contributed by atoms with Crippen molar-refractivity contribution in [2.24, 2.45) is 0 Å². The molecule has 2 heterocycles. The summed E-state index contributed by atoms with van der Waals surface area (Å²) in [6.07, 6.45) is -0.873. The summed E-state index contributed by atoms with van der Waals surface area (Å²) in [4.78, 5) is 29.4. The Morgan fingerprint density at radius 2 is 1.81 bits per heavy atom. The Balaban J connectivity index is 1.50. The zero-order valence-electron chi connectivity index (χ0n) is 18.7. The lowest BCUT2D eigenvalue weighted by Gasteiger charge is -2.13. The number of carbonyl (C=O) groups excluding carboxylic acids is 1. The van der Waals surface area contributed by atoms with Crippen LogP contribution >= 0.6 is 11.6 Å². The summed E-state index contributed by atoms with van der Waals surface area (Å²) in [5.41, 5.74) is 0.105. The first kappa shape index (κ1) is 24.9. The molecule has 0 fully saturated rings. The van der Waals surface area contributed by atoms with Crippen LogP contribution in [0, 0.1) is 0 Å². The maximum absolute atomic E-state index is 12.7. The number of aryl methyl sites for hydroxylation is 1. The largest absolute Gasteiger partial charge is 0.438 e. The average Bonchev–Trinajstić information content (AvgIpc) is 2.86. The Bertz CT molecular complexity index is 1380. The number of anilines is 2. The summed E-state index contributed by atoms with van der Waals surface area (Å²) in [6, 6.07) is 11.4. The zero-order chi connectivity index (χ0) is 25.7. The summed E-state index contributed by atoms with van der Waals surface area (Å²) < 4.78 is 44.1. The first-order chi connectivity index (χ1) is 17.2. The van der Waals surface area contributed by atoms with Crippen LogP contribution in [0.5, 0.6) is 11.6 Å². The monoisotopic (exact) mass is 514 g/mol. The van der Waals surface area contributed by atoms with Gasteiger partial charge in [0.2, 0.25) is 5.88 Å². The molecule has 184 valence electrons. The summed E-state index contributed by atoms with van der Waals surface area (Å²) >= 11 is 6.21. The quantitative estimate of drug-likeness (QED) is 0.300. The van der Waals surface area contributed by atoms with Crippen LogP contribution in [0.25, 0.3) is 11.4 Å². The number of ether oxygens (including phenoxy) is 1. The third-order valence-corrected chi connectivity index (χ3v) is 5.15. The van der Waals surface area contributed by atoms with Gasteiger partial charge in [-0.1, -0.05) is 18.5 Å². The Hall–Kier alpha value is -4.25. The number of hydrogen-bond donors (Lipinski definition) is 2. The molecule has 0 aliphatic carbocycles. The summed E-state index contributed by atoms with van der Waals surface area (Å²) in [5.74, 6) is 1.56. The number of aromatic nitrogens is 4. The molecule has 8 nitrogen and oxygen atoms in total. The van der Waals surface area contributed by atoms with Crippen molar-refractivity contribution in [2.75, 3.05) is 10.6 Å². The van der Waals surface area contributed by atoms with Gasteiger partial charge in [0.05, 0.1) is 21.8 Å². The van der Waals surface area contributed by atoms with Crippen LogP contribution in [-0.4, -0.2) is 26.0 Å². The predicted octanol–water partition coefficient (Wildman–Crippen LogP) is 6.60. The van der Waals surface area contributed by atoms with Crippen LogP contribution in [0.1, 0.15) is 18.3 Å². The van der Waals surface area contributed by atoms with Crippen molar-refractivity contribution in [1.29, 1.82) is 0 Å². The van der Waals surface area contributed by atoms with Gasteiger partial charge in [0, 0.05) is 24.4 Å². The summed E-state index contributed by atoms with van der Waals surface area (Å²) in [7, 11) is 0. The van der Waals surface area contributed by atoms with Crippen LogP contribution in [-0.2, 0) is 12.6 Å². The molecule has 0 aliphatic heterocycles. The number of amides is 2. The number of pyridine rings is 1. The molecule has 12 heteroatoms. The molecule has 2 aromatic heterocycles. The second-order valence-electron chi connectivity index (χ2n) is 7.33. The van der Waals surface area contributed by atoms with E-state index in [2.05, 4.69) is 30.6 Å². The van der Waals surface area contributed by atoms with Crippen molar-refractivity contribution in [2.45, 2.75) is 19.5 Å². The second-order valence-corrected chi connectivity index (χ2v) is 7.74. The Morgan fingerprint density at radius 3 is 2.53 bits per heavy atom. The van der Waals surface area contributed by atoms with E-state index in [1.807, 2.05) is 6.92 Å². The molecule has 0 saturated carbocycles. The van der Waals surface area contributed by atoms with Gasteiger partial charge in [0.25, 0.3) is 0 Å². The van der Waals surface area contributed by atoms with Crippen LogP contribution in [0.4, 0.5) is 29.3 Å². The van der Waals surface area contributed by atoms with Gasteiger partial charge in [-0.15, -0.1) is 0 Å². The number of halogens is 4. The molecule has 0 aliphatic rings. The first-order valence-corrected chi connectivity index (χ1v) is 11.0. The van der Waals surface area contributed by atoms with E-state index in [1.165, 1.54) is 18.5 Å². The van der Waals surface area contributed by atoms with Gasteiger partial charge >= 0.3 is 12.2 Å². The number of hydrogen-bond acceptors (Lipinski definition) is 6. The standard InChI is InChI=1S/C24H18ClF3N6O2/c1-2-20-30-13-31-21(34-20)17-4-3-11-29-22(17)36-16-9-10-18(25)19(12-16)33-23(35)32-15-7-5-14(6-8-15)24(26,27)28/h3-13H,2H2,1H3,(H2,32,33,35). The topological polar surface area (TPSA) is 102 Å². The van der Waals surface area contributed by atoms with Gasteiger partial charge in [-0.25, -0.2) is 24.7 Å². The van der Waals surface area contributed by atoms with Gasteiger partial charge in [-0.3, -0.25) is 0 Å². The number of nitrogens with zero attached hydrogens (tertiary/aromatic N) is 4. The highest BCUT2D eigenvalue weighted by Gasteiger charge is 2.30.